The Morgan fingerprint density at radius 3 is 2.70 bits per heavy atom. The van der Waals surface area contributed by atoms with Crippen molar-refractivity contribution >= 4 is 34.2 Å². The summed E-state index contributed by atoms with van der Waals surface area (Å²) < 4.78 is 27.6. The van der Waals surface area contributed by atoms with Gasteiger partial charge in [0.25, 0.3) is 0 Å². The minimum atomic E-state index is -1.21. The second kappa shape index (κ2) is 7.73. The lowest BCUT2D eigenvalue weighted by atomic mass is 9.76. The highest BCUT2D eigenvalue weighted by molar-refractivity contribution is 7.85. The Morgan fingerprint density at radius 2 is 2.07 bits per heavy atom. The molecule has 2 aliphatic heterocycles. The molecular formula is C21H24ClFN4O2S. The molecule has 0 spiro atoms. The zero-order valence-electron chi connectivity index (χ0n) is 16.5. The number of benzene rings is 1. The summed E-state index contributed by atoms with van der Waals surface area (Å²) in [4.78, 5) is 13.6. The van der Waals surface area contributed by atoms with Crippen molar-refractivity contribution in [2.24, 2.45) is 0 Å². The highest BCUT2D eigenvalue weighted by Gasteiger charge is 2.47. The van der Waals surface area contributed by atoms with Crippen molar-refractivity contribution in [3.8, 4) is 0 Å². The fourth-order valence-electron chi connectivity index (χ4n) is 4.74. The quantitative estimate of drug-likeness (QED) is 0.771. The van der Waals surface area contributed by atoms with Crippen LogP contribution in [0.25, 0.3) is 0 Å². The molecule has 1 aromatic carbocycles. The van der Waals surface area contributed by atoms with Gasteiger partial charge in [0, 0.05) is 17.5 Å². The van der Waals surface area contributed by atoms with Gasteiger partial charge in [-0.2, -0.15) is 4.98 Å². The fourth-order valence-corrected chi connectivity index (χ4v) is 6.16. The highest BCUT2D eigenvalue weighted by atomic mass is 35.5. The first-order valence-corrected chi connectivity index (χ1v) is 12.0. The minimum Gasteiger partial charge on any atom is -0.394 e. The van der Waals surface area contributed by atoms with Crippen LogP contribution in [0.3, 0.4) is 0 Å². The normalized spacial score (nSPS) is 27.6. The molecule has 0 bridgehead atoms. The summed E-state index contributed by atoms with van der Waals surface area (Å²) in [5.74, 6) is 1.24. The van der Waals surface area contributed by atoms with E-state index in [0.29, 0.717) is 40.5 Å². The van der Waals surface area contributed by atoms with Crippen LogP contribution >= 0.6 is 11.6 Å². The number of nitrogens with zero attached hydrogens (tertiary/aromatic N) is 4. The van der Waals surface area contributed by atoms with Crippen LogP contribution in [0.5, 0.6) is 0 Å². The maximum atomic E-state index is 15.1. The van der Waals surface area contributed by atoms with E-state index in [0.717, 1.165) is 24.8 Å². The number of aliphatic hydroxyl groups excluding tert-OH is 1. The van der Waals surface area contributed by atoms with Crippen molar-refractivity contribution in [3.63, 3.8) is 0 Å². The molecule has 30 heavy (non-hydrogen) atoms. The number of halogens is 2. The Bertz CT molecular complexity index is 966. The fraction of sp³-hybridized carbons (Fsp3) is 0.524. The van der Waals surface area contributed by atoms with Gasteiger partial charge in [0.05, 0.1) is 35.7 Å². The molecule has 1 saturated heterocycles. The number of alkyl halides is 1. The molecule has 5 rings (SSSR count). The molecule has 1 aromatic heterocycles. The van der Waals surface area contributed by atoms with Crippen LogP contribution in [0.15, 0.2) is 35.4 Å². The van der Waals surface area contributed by atoms with E-state index >= 15 is 4.39 Å². The number of fused-ring (bicyclic) bond motifs is 1. The maximum absolute atomic E-state index is 15.1. The summed E-state index contributed by atoms with van der Waals surface area (Å²) in [6, 6.07) is 7.38. The summed E-state index contributed by atoms with van der Waals surface area (Å²) >= 11 is 5.96. The van der Waals surface area contributed by atoms with Crippen molar-refractivity contribution in [2.45, 2.75) is 48.2 Å². The van der Waals surface area contributed by atoms with Crippen molar-refractivity contribution in [3.05, 3.63) is 41.0 Å². The maximum Gasteiger partial charge on any atom is 0.227 e. The number of hydrogen-bond acceptors (Lipinski definition) is 6. The molecule has 2 unspecified atom stereocenters. The summed E-state index contributed by atoms with van der Waals surface area (Å²) in [5.41, 5.74) is 0.578. The van der Waals surface area contributed by atoms with E-state index in [9.17, 15) is 9.32 Å². The Morgan fingerprint density at radius 1 is 1.30 bits per heavy atom. The average molecular weight is 451 g/mol. The Hall–Kier alpha value is -1.77. The molecule has 160 valence electrons. The lowest BCUT2D eigenvalue weighted by Crippen LogP contribution is -2.56. The molecule has 0 amide bonds. The van der Waals surface area contributed by atoms with E-state index in [2.05, 4.69) is 4.98 Å². The topological polar surface area (TPSA) is 69.6 Å². The number of hydrogen-bond donors (Lipinski definition) is 1. The molecular weight excluding hydrogens is 427 g/mol. The monoisotopic (exact) mass is 450 g/mol. The smallest absolute Gasteiger partial charge is 0.227 e. The third-order valence-electron chi connectivity index (χ3n) is 6.74. The Balaban J connectivity index is 1.37. The lowest BCUT2D eigenvalue weighted by molar-refractivity contribution is 0.119. The predicted octanol–water partition coefficient (Wildman–Crippen LogP) is 3.26. The van der Waals surface area contributed by atoms with Gasteiger partial charge in [-0.1, -0.05) is 23.7 Å². The molecule has 1 aliphatic carbocycles. The van der Waals surface area contributed by atoms with Crippen molar-refractivity contribution in [2.75, 3.05) is 35.4 Å². The second-order valence-corrected chi connectivity index (χ2v) is 10.2. The number of aliphatic hydroxyl groups is 1. The second-order valence-electron chi connectivity index (χ2n) is 8.41. The van der Waals surface area contributed by atoms with Gasteiger partial charge < -0.3 is 14.9 Å². The summed E-state index contributed by atoms with van der Waals surface area (Å²) in [6.07, 6.45) is 3.98. The van der Waals surface area contributed by atoms with Gasteiger partial charge in [0.1, 0.15) is 16.9 Å². The molecule has 2 fully saturated rings. The van der Waals surface area contributed by atoms with Gasteiger partial charge in [-0.15, -0.1) is 0 Å². The van der Waals surface area contributed by atoms with Crippen LogP contribution in [-0.4, -0.2) is 56.6 Å². The first-order chi connectivity index (χ1) is 14.5. The summed E-state index contributed by atoms with van der Waals surface area (Å²) in [6.45, 7) is 0.864. The van der Waals surface area contributed by atoms with E-state index in [1.54, 1.807) is 18.3 Å². The third kappa shape index (κ3) is 3.29. The van der Waals surface area contributed by atoms with E-state index in [4.69, 9.17) is 16.6 Å². The zero-order chi connectivity index (χ0) is 20.9. The summed E-state index contributed by atoms with van der Waals surface area (Å²) in [7, 11) is -1.21. The summed E-state index contributed by atoms with van der Waals surface area (Å²) in [5, 5.41) is 10.6. The molecule has 3 aliphatic rings. The minimum absolute atomic E-state index is 0.0159. The van der Waals surface area contributed by atoms with Crippen LogP contribution in [0.1, 0.15) is 37.2 Å². The molecule has 1 N–H and O–H groups in total. The first kappa shape index (κ1) is 20.2. The van der Waals surface area contributed by atoms with Gasteiger partial charge in [-0.3, -0.25) is 4.21 Å². The van der Waals surface area contributed by atoms with Gasteiger partial charge in [0.2, 0.25) is 5.95 Å². The number of piperidine rings is 1. The molecule has 6 nitrogen and oxygen atoms in total. The average Bonchev–Trinajstić information content (AvgIpc) is 3.05. The van der Waals surface area contributed by atoms with Crippen molar-refractivity contribution in [1.29, 1.82) is 0 Å². The number of aromatic nitrogens is 2. The van der Waals surface area contributed by atoms with Gasteiger partial charge in [0.15, 0.2) is 5.82 Å². The lowest BCUT2D eigenvalue weighted by Gasteiger charge is -2.47. The van der Waals surface area contributed by atoms with Crippen molar-refractivity contribution in [1.82, 2.24) is 9.97 Å². The zero-order valence-corrected chi connectivity index (χ0v) is 18.1. The van der Waals surface area contributed by atoms with Crippen LogP contribution < -0.4 is 9.80 Å². The number of rotatable bonds is 4. The molecule has 3 heterocycles. The van der Waals surface area contributed by atoms with Crippen LogP contribution in [-0.2, 0) is 10.8 Å². The largest absolute Gasteiger partial charge is 0.394 e. The van der Waals surface area contributed by atoms with Crippen LogP contribution in [0, 0.1) is 0 Å². The van der Waals surface area contributed by atoms with E-state index in [-0.39, 0.29) is 24.6 Å². The predicted molar refractivity (Wildman–Crippen MR) is 115 cm³/mol. The molecule has 3 atom stereocenters. The SMILES string of the molecule is O=[S@@]1CN(C2(CO)CCC2)c2nc(N3CCC(c4ccc(Cl)cc4)C(F)C3)ncc21. The van der Waals surface area contributed by atoms with E-state index < -0.39 is 17.0 Å². The Kier molecular flexibility index (Phi) is 5.19. The van der Waals surface area contributed by atoms with Crippen LogP contribution in [0.4, 0.5) is 16.2 Å². The first-order valence-electron chi connectivity index (χ1n) is 10.3. The molecule has 9 heteroatoms. The molecule has 0 radical (unpaired) electrons. The standard InChI is InChI=1S/C21H24ClFN4O2S/c22-15-4-2-14(3-5-15)16-6-9-26(11-17(16)23)20-24-10-18-19(25-20)27(13-30(18)29)21(12-28)7-1-8-21/h2-5,10,16-17,28H,1,6-9,11-13H2/t16?,17?,30-/m1/s1. The van der Waals surface area contributed by atoms with Gasteiger partial charge in [-0.05, 0) is 43.4 Å². The highest BCUT2D eigenvalue weighted by Crippen LogP contribution is 2.45. The van der Waals surface area contributed by atoms with Crippen molar-refractivity contribution < 1.29 is 13.7 Å². The van der Waals surface area contributed by atoms with Gasteiger partial charge in [-0.25, -0.2) is 9.37 Å². The molecule has 1 saturated carbocycles. The molecule has 2 aromatic rings. The van der Waals surface area contributed by atoms with E-state index in [1.807, 2.05) is 21.9 Å². The van der Waals surface area contributed by atoms with Crippen LogP contribution in [0.2, 0.25) is 5.02 Å². The van der Waals surface area contributed by atoms with Gasteiger partial charge >= 0.3 is 0 Å². The Labute approximate surface area is 182 Å². The van der Waals surface area contributed by atoms with E-state index in [1.165, 1.54) is 0 Å². The third-order valence-corrected chi connectivity index (χ3v) is 8.27. The number of anilines is 2.